The molecule has 0 atom stereocenters. The highest BCUT2D eigenvalue weighted by molar-refractivity contribution is 7.09. The number of thiazole rings is 1. The molecule has 0 aliphatic rings. The average Bonchev–Trinajstić information content (AvgIpc) is 2.92. The van der Waals surface area contributed by atoms with Crippen LogP contribution in [-0.2, 0) is 17.6 Å². The van der Waals surface area contributed by atoms with Gasteiger partial charge >= 0.3 is 6.18 Å². The zero-order valence-electron chi connectivity index (χ0n) is 15.1. The molecule has 0 N–H and O–H groups in total. The van der Waals surface area contributed by atoms with Crippen LogP contribution in [0.1, 0.15) is 37.0 Å². The molecule has 0 saturated heterocycles. The van der Waals surface area contributed by atoms with Crippen LogP contribution in [0.3, 0.4) is 0 Å². The number of aromatic nitrogens is 1. The van der Waals surface area contributed by atoms with Gasteiger partial charge in [-0.15, -0.1) is 11.3 Å². The molecule has 0 saturated carbocycles. The van der Waals surface area contributed by atoms with E-state index in [0.29, 0.717) is 12.1 Å². The number of nitrogens with zero attached hydrogens (tertiary/aromatic N) is 2. The minimum Gasteiger partial charge on any atom is -0.333 e. The quantitative estimate of drug-likeness (QED) is 0.722. The third-order valence-corrected chi connectivity index (χ3v) is 4.42. The smallest absolute Gasteiger partial charge is 0.333 e. The second kappa shape index (κ2) is 8.20. The Balaban J connectivity index is 2.04. The molecule has 2 aromatic rings. The van der Waals surface area contributed by atoms with Crippen LogP contribution >= 0.6 is 11.3 Å². The third-order valence-electron chi connectivity index (χ3n) is 3.52. The summed E-state index contributed by atoms with van der Waals surface area (Å²) in [5.74, 6) is -0.547. The number of benzene rings is 1. The fourth-order valence-electron chi connectivity index (χ4n) is 2.57. The van der Waals surface area contributed by atoms with Gasteiger partial charge < -0.3 is 4.90 Å². The van der Waals surface area contributed by atoms with Crippen LogP contribution in [0.15, 0.2) is 35.7 Å². The van der Waals surface area contributed by atoms with Crippen LogP contribution in [0.5, 0.6) is 0 Å². The topological polar surface area (TPSA) is 33.2 Å². The van der Waals surface area contributed by atoms with Crippen molar-refractivity contribution in [2.75, 3.05) is 13.1 Å². The standard InChI is InChI=1S/C19H23F3N2OS/c1-18(2,3)12-24(13-19(20,21)22)17(25)10-15-11-26-16(23-15)9-14-7-5-4-6-8-14/h4-8,11H,9-10,12-13H2,1-3H3. The normalized spacial score (nSPS) is 12.2. The van der Waals surface area contributed by atoms with E-state index in [2.05, 4.69) is 4.98 Å². The van der Waals surface area contributed by atoms with Gasteiger partial charge in [0.1, 0.15) is 6.54 Å². The Morgan fingerprint density at radius 3 is 2.35 bits per heavy atom. The lowest BCUT2D eigenvalue weighted by Gasteiger charge is -2.30. The van der Waals surface area contributed by atoms with Gasteiger partial charge in [0, 0.05) is 18.3 Å². The fourth-order valence-corrected chi connectivity index (χ4v) is 3.40. The highest BCUT2D eigenvalue weighted by Gasteiger charge is 2.34. The lowest BCUT2D eigenvalue weighted by Crippen LogP contribution is -2.44. The molecule has 2 rings (SSSR count). The predicted octanol–water partition coefficient (Wildman–Crippen LogP) is 4.71. The Morgan fingerprint density at radius 1 is 1.12 bits per heavy atom. The van der Waals surface area contributed by atoms with Gasteiger partial charge in [0.05, 0.1) is 17.1 Å². The van der Waals surface area contributed by atoms with Crippen molar-refractivity contribution in [1.82, 2.24) is 9.88 Å². The number of alkyl halides is 3. The second-order valence-corrected chi connectivity index (χ2v) is 8.44. The van der Waals surface area contributed by atoms with Gasteiger partial charge in [0.2, 0.25) is 5.91 Å². The highest BCUT2D eigenvalue weighted by Crippen LogP contribution is 2.23. The van der Waals surface area contributed by atoms with E-state index in [4.69, 9.17) is 0 Å². The van der Waals surface area contributed by atoms with Crippen LogP contribution in [0.4, 0.5) is 13.2 Å². The van der Waals surface area contributed by atoms with E-state index in [1.54, 1.807) is 5.38 Å². The van der Waals surface area contributed by atoms with Crippen molar-refractivity contribution in [3.05, 3.63) is 52.0 Å². The SMILES string of the molecule is CC(C)(C)CN(CC(F)(F)F)C(=O)Cc1csc(Cc2ccccc2)n1. The van der Waals surface area contributed by atoms with Crippen LogP contribution in [0.2, 0.25) is 0 Å². The van der Waals surface area contributed by atoms with Gasteiger partial charge in [-0.25, -0.2) is 4.98 Å². The number of halogens is 3. The third kappa shape index (κ3) is 7.15. The van der Waals surface area contributed by atoms with Crippen molar-refractivity contribution in [3.8, 4) is 0 Å². The van der Waals surface area contributed by atoms with Gasteiger partial charge in [-0.1, -0.05) is 51.1 Å². The lowest BCUT2D eigenvalue weighted by atomic mass is 9.96. The summed E-state index contributed by atoms with van der Waals surface area (Å²) in [6.07, 6.45) is -3.88. The van der Waals surface area contributed by atoms with Crippen molar-refractivity contribution < 1.29 is 18.0 Å². The van der Waals surface area contributed by atoms with Crippen LogP contribution in [0.25, 0.3) is 0 Å². The highest BCUT2D eigenvalue weighted by atomic mass is 32.1. The number of hydrogen-bond donors (Lipinski definition) is 0. The summed E-state index contributed by atoms with van der Waals surface area (Å²) in [5.41, 5.74) is 1.21. The first kappa shape index (κ1) is 20.4. The van der Waals surface area contributed by atoms with Crippen molar-refractivity contribution in [1.29, 1.82) is 0 Å². The zero-order valence-corrected chi connectivity index (χ0v) is 16.0. The van der Waals surface area contributed by atoms with Gasteiger partial charge in [-0.2, -0.15) is 13.2 Å². The van der Waals surface area contributed by atoms with Gasteiger partial charge in [0.25, 0.3) is 0 Å². The number of carbonyl (C=O) groups excluding carboxylic acids is 1. The van der Waals surface area contributed by atoms with Crippen molar-refractivity contribution in [2.45, 2.75) is 39.8 Å². The lowest BCUT2D eigenvalue weighted by molar-refractivity contribution is -0.163. The van der Waals surface area contributed by atoms with E-state index in [9.17, 15) is 18.0 Å². The average molecular weight is 384 g/mol. The van der Waals surface area contributed by atoms with E-state index in [1.807, 2.05) is 51.1 Å². The summed E-state index contributed by atoms with van der Waals surface area (Å²) in [7, 11) is 0. The summed E-state index contributed by atoms with van der Waals surface area (Å²) in [6.45, 7) is 4.25. The maximum absolute atomic E-state index is 12.8. The van der Waals surface area contributed by atoms with Crippen LogP contribution in [-0.4, -0.2) is 35.1 Å². The molecule has 1 aromatic heterocycles. The first-order valence-corrected chi connectivity index (χ1v) is 9.21. The Labute approximate surface area is 155 Å². The molecule has 1 amide bonds. The van der Waals surface area contributed by atoms with Gasteiger partial charge in [-0.05, 0) is 11.0 Å². The van der Waals surface area contributed by atoms with Crippen molar-refractivity contribution in [2.24, 2.45) is 5.41 Å². The summed E-state index contributed by atoms with van der Waals surface area (Å²) < 4.78 is 38.5. The Morgan fingerprint density at radius 2 is 1.77 bits per heavy atom. The molecule has 0 aliphatic heterocycles. The van der Waals surface area contributed by atoms with Gasteiger partial charge in [0.15, 0.2) is 0 Å². The predicted molar refractivity (Wildman–Crippen MR) is 97.2 cm³/mol. The molecule has 3 nitrogen and oxygen atoms in total. The Hall–Kier alpha value is -1.89. The van der Waals surface area contributed by atoms with E-state index >= 15 is 0 Å². The molecule has 0 unspecified atom stereocenters. The maximum atomic E-state index is 12.8. The molecule has 0 bridgehead atoms. The largest absolute Gasteiger partial charge is 0.406 e. The summed E-state index contributed by atoms with van der Waals surface area (Å²) in [4.78, 5) is 17.7. The van der Waals surface area contributed by atoms with E-state index in [0.717, 1.165) is 15.5 Å². The molecule has 26 heavy (non-hydrogen) atoms. The molecule has 0 radical (unpaired) electrons. The minimum absolute atomic E-state index is 0.0480. The second-order valence-electron chi connectivity index (χ2n) is 7.50. The number of hydrogen-bond acceptors (Lipinski definition) is 3. The molecule has 1 heterocycles. The number of carbonyl (C=O) groups is 1. The molecule has 0 aliphatic carbocycles. The van der Waals surface area contributed by atoms with Gasteiger partial charge in [-0.3, -0.25) is 4.79 Å². The monoisotopic (exact) mass is 384 g/mol. The number of rotatable bonds is 6. The molecular formula is C19H23F3N2OS. The first-order chi connectivity index (χ1) is 12.0. The van der Waals surface area contributed by atoms with E-state index in [1.165, 1.54) is 11.3 Å². The minimum atomic E-state index is -4.42. The molecule has 0 spiro atoms. The summed E-state index contributed by atoms with van der Waals surface area (Å²) in [5, 5.41) is 2.59. The van der Waals surface area contributed by atoms with Crippen LogP contribution < -0.4 is 0 Å². The van der Waals surface area contributed by atoms with Crippen molar-refractivity contribution >= 4 is 17.2 Å². The van der Waals surface area contributed by atoms with Crippen LogP contribution in [0, 0.1) is 5.41 Å². The fraction of sp³-hybridized carbons (Fsp3) is 0.474. The summed E-state index contributed by atoms with van der Waals surface area (Å²) in [6, 6.07) is 9.78. The van der Waals surface area contributed by atoms with E-state index in [-0.39, 0.29) is 13.0 Å². The molecule has 0 fully saturated rings. The number of amides is 1. The molecular weight excluding hydrogens is 361 g/mol. The molecule has 142 valence electrons. The zero-order chi connectivity index (χ0) is 19.4. The molecule has 7 heteroatoms. The molecule has 1 aromatic carbocycles. The van der Waals surface area contributed by atoms with Crippen molar-refractivity contribution in [3.63, 3.8) is 0 Å². The Bertz CT molecular complexity index is 704. The van der Waals surface area contributed by atoms with E-state index < -0.39 is 24.0 Å². The Kier molecular flexibility index (Phi) is 6.44. The summed E-state index contributed by atoms with van der Waals surface area (Å²) >= 11 is 1.42. The first-order valence-electron chi connectivity index (χ1n) is 8.33. The maximum Gasteiger partial charge on any atom is 0.406 e.